The van der Waals surface area contributed by atoms with Crippen molar-refractivity contribution in [3.8, 4) is 5.75 Å². The predicted octanol–water partition coefficient (Wildman–Crippen LogP) is 4.85. The van der Waals surface area contributed by atoms with Gasteiger partial charge < -0.3 is 15.2 Å². The third-order valence-corrected chi connectivity index (χ3v) is 6.46. The van der Waals surface area contributed by atoms with Crippen LogP contribution in [0.3, 0.4) is 0 Å². The van der Waals surface area contributed by atoms with Crippen LogP contribution in [0.1, 0.15) is 60.9 Å². The Morgan fingerprint density at radius 1 is 1.22 bits per heavy atom. The molecule has 192 valence electrons. The summed E-state index contributed by atoms with van der Waals surface area (Å²) < 4.78 is 35.5. The first-order valence-electron chi connectivity index (χ1n) is 11.8. The van der Waals surface area contributed by atoms with Gasteiger partial charge >= 0.3 is 6.09 Å². The minimum absolute atomic E-state index is 0.198. The van der Waals surface area contributed by atoms with Crippen LogP contribution in [0.25, 0.3) is 5.65 Å². The highest BCUT2D eigenvalue weighted by molar-refractivity contribution is 5.95. The molecule has 3 aromatic rings. The lowest BCUT2D eigenvalue weighted by Crippen LogP contribution is -2.64. The summed E-state index contributed by atoms with van der Waals surface area (Å²) >= 11 is 0. The molecule has 2 heterocycles. The first-order valence-corrected chi connectivity index (χ1v) is 11.8. The number of nitrogens with zero attached hydrogens (tertiary/aromatic N) is 3. The molecule has 1 fully saturated rings. The Balaban J connectivity index is 1.60. The summed E-state index contributed by atoms with van der Waals surface area (Å²) in [5.41, 5.74) is 1.02. The van der Waals surface area contributed by atoms with Gasteiger partial charge in [0.2, 0.25) is 0 Å². The molecule has 1 aliphatic rings. The largest absolute Gasteiger partial charge is 0.485 e. The second-order valence-electron chi connectivity index (χ2n) is 10.2. The number of amides is 2. The number of nitrogens with one attached hydrogen (secondary N) is 1. The van der Waals surface area contributed by atoms with Crippen LogP contribution in [0.4, 0.5) is 13.6 Å². The van der Waals surface area contributed by atoms with E-state index in [-0.39, 0.29) is 35.9 Å². The van der Waals surface area contributed by atoms with Crippen molar-refractivity contribution in [2.45, 2.75) is 71.7 Å². The van der Waals surface area contributed by atoms with Gasteiger partial charge in [0.05, 0.1) is 17.3 Å². The number of carboxylic acid groups (broad SMARTS) is 1. The Morgan fingerprint density at radius 2 is 1.89 bits per heavy atom. The minimum atomic E-state index is -1.03. The van der Waals surface area contributed by atoms with E-state index in [1.807, 2.05) is 27.7 Å². The average molecular weight is 501 g/mol. The number of benzene rings is 1. The molecular formula is C26H30F2N4O4. The van der Waals surface area contributed by atoms with E-state index in [0.717, 1.165) is 17.7 Å². The molecule has 10 heteroatoms. The van der Waals surface area contributed by atoms with Crippen LogP contribution >= 0.6 is 0 Å². The van der Waals surface area contributed by atoms with E-state index in [1.54, 1.807) is 23.6 Å². The number of ether oxygens (including phenoxy) is 1. The van der Waals surface area contributed by atoms with E-state index < -0.39 is 23.3 Å². The SMILES string of the molecule is Cc1cc(OCc2c(F)cccc2F)c2nc(C)c(C(=O)NC3CCC3N(C(=O)O)C(C)(C)C)n2c1. The summed E-state index contributed by atoms with van der Waals surface area (Å²) in [4.78, 5) is 31.1. The molecule has 2 atom stereocenters. The fourth-order valence-corrected chi connectivity index (χ4v) is 4.68. The summed E-state index contributed by atoms with van der Waals surface area (Å²) in [5, 5.41) is 12.7. The second-order valence-corrected chi connectivity index (χ2v) is 10.2. The average Bonchev–Trinajstić information content (AvgIpc) is 3.09. The number of hydrogen-bond donors (Lipinski definition) is 2. The number of aromatic nitrogens is 2. The van der Waals surface area contributed by atoms with E-state index >= 15 is 0 Å². The van der Waals surface area contributed by atoms with E-state index in [9.17, 15) is 23.5 Å². The van der Waals surface area contributed by atoms with Crippen LogP contribution in [-0.4, -0.2) is 49.0 Å². The Bertz CT molecular complexity index is 1310. The zero-order valence-electron chi connectivity index (χ0n) is 20.9. The maximum Gasteiger partial charge on any atom is 0.408 e. The number of imidazole rings is 1. The number of hydrogen-bond acceptors (Lipinski definition) is 4. The van der Waals surface area contributed by atoms with Gasteiger partial charge in [0.25, 0.3) is 5.91 Å². The highest BCUT2D eigenvalue weighted by atomic mass is 19.1. The summed E-state index contributed by atoms with van der Waals surface area (Å²) in [7, 11) is 0. The standard InChI is InChI=1S/C26H30F2N4O4/c1-14-11-21(36-13-16-17(27)7-6-8-18(16)28)23-29-15(2)22(31(23)12-14)24(33)30-19-9-10-20(19)32(25(34)35)26(3,4)5/h6-8,11-12,19-20H,9-10,13H2,1-5H3,(H,30,33)(H,34,35). The van der Waals surface area contributed by atoms with E-state index in [1.165, 1.54) is 11.0 Å². The number of pyridine rings is 1. The molecule has 1 aliphatic carbocycles. The lowest BCUT2D eigenvalue weighted by atomic mass is 9.82. The van der Waals surface area contributed by atoms with Gasteiger partial charge in [-0.05, 0) is 71.2 Å². The summed E-state index contributed by atoms with van der Waals surface area (Å²) in [6.45, 7) is 8.63. The summed E-state index contributed by atoms with van der Waals surface area (Å²) in [5.74, 6) is -1.52. The molecule has 2 N–H and O–H groups in total. The van der Waals surface area contributed by atoms with E-state index in [4.69, 9.17) is 4.74 Å². The van der Waals surface area contributed by atoms with Crippen LogP contribution < -0.4 is 10.1 Å². The van der Waals surface area contributed by atoms with Crippen LogP contribution in [0, 0.1) is 25.5 Å². The first-order chi connectivity index (χ1) is 16.9. The molecule has 2 amide bonds. The highest BCUT2D eigenvalue weighted by Gasteiger charge is 2.44. The van der Waals surface area contributed by atoms with Crippen LogP contribution in [-0.2, 0) is 6.61 Å². The van der Waals surface area contributed by atoms with Crippen molar-refractivity contribution in [2.24, 2.45) is 0 Å². The number of carbonyl (C=O) groups is 2. The number of fused-ring (bicyclic) bond motifs is 1. The predicted molar refractivity (Wildman–Crippen MR) is 129 cm³/mol. The summed E-state index contributed by atoms with van der Waals surface area (Å²) in [6.07, 6.45) is 2.02. The lowest BCUT2D eigenvalue weighted by molar-refractivity contribution is 0.0213. The molecule has 1 saturated carbocycles. The highest BCUT2D eigenvalue weighted by Crippen LogP contribution is 2.32. The molecule has 2 unspecified atom stereocenters. The quantitative estimate of drug-likeness (QED) is 0.505. The van der Waals surface area contributed by atoms with Crippen LogP contribution in [0.2, 0.25) is 0 Å². The van der Waals surface area contributed by atoms with Gasteiger partial charge in [-0.25, -0.2) is 18.6 Å². The molecule has 0 bridgehead atoms. The van der Waals surface area contributed by atoms with Gasteiger partial charge in [0, 0.05) is 17.8 Å². The van der Waals surface area contributed by atoms with E-state index in [0.29, 0.717) is 29.9 Å². The maximum atomic E-state index is 14.1. The Labute approximate surface area is 207 Å². The minimum Gasteiger partial charge on any atom is -0.485 e. The zero-order chi connectivity index (χ0) is 26.4. The second kappa shape index (κ2) is 9.40. The van der Waals surface area contributed by atoms with Gasteiger partial charge in [0.1, 0.15) is 23.9 Å². The van der Waals surface area contributed by atoms with Crippen molar-refractivity contribution >= 4 is 17.6 Å². The molecule has 2 aromatic heterocycles. The van der Waals surface area contributed by atoms with Crippen molar-refractivity contribution in [3.05, 3.63) is 64.6 Å². The fourth-order valence-electron chi connectivity index (χ4n) is 4.68. The topological polar surface area (TPSA) is 96.2 Å². The Kier molecular flexibility index (Phi) is 6.64. The van der Waals surface area contributed by atoms with E-state index in [2.05, 4.69) is 10.3 Å². The number of aryl methyl sites for hydroxylation is 2. The Morgan fingerprint density at radius 3 is 2.44 bits per heavy atom. The molecule has 0 spiro atoms. The molecule has 8 nitrogen and oxygen atoms in total. The van der Waals surface area contributed by atoms with Crippen molar-refractivity contribution in [1.82, 2.24) is 19.6 Å². The number of carbonyl (C=O) groups excluding carboxylic acids is 1. The van der Waals surface area contributed by atoms with Gasteiger partial charge in [-0.2, -0.15) is 0 Å². The number of rotatable bonds is 6. The van der Waals surface area contributed by atoms with Crippen molar-refractivity contribution < 1.29 is 28.2 Å². The van der Waals surface area contributed by atoms with Gasteiger partial charge in [-0.1, -0.05) is 6.07 Å². The number of halogens is 2. The molecule has 4 rings (SSSR count). The molecule has 0 aliphatic heterocycles. The zero-order valence-corrected chi connectivity index (χ0v) is 20.9. The first kappa shape index (κ1) is 25.4. The third kappa shape index (κ3) is 4.72. The molecule has 36 heavy (non-hydrogen) atoms. The molecule has 0 radical (unpaired) electrons. The monoisotopic (exact) mass is 500 g/mol. The van der Waals surface area contributed by atoms with Crippen LogP contribution in [0.5, 0.6) is 5.75 Å². The normalized spacial score (nSPS) is 17.5. The molecule has 1 aromatic carbocycles. The fraction of sp³-hybridized carbons (Fsp3) is 0.423. The Hall–Kier alpha value is -3.69. The maximum absolute atomic E-state index is 14.1. The van der Waals surface area contributed by atoms with Gasteiger partial charge in [0.15, 0.2) is 11.4 Å². The van der Waals surface area contributed by atoms with Gasteiger partial charge in [-0.15, -0.1) is 0 Å². The molecular weight excluding hydrogens is 470 g/mol. The lowest BCUT2D eigenvalue weighted by Gasteiger charge is -2.48. The van der Waals surface area contributed by atoms with Crippen LogP contribution in [0.15, 0.2) is 30.5 Å². The van der Waals surface area contributed by atoms with Crippen molar-refractivity contribution in [2.75, 3.05) is 0 Å². The van der Waals surface area contributed by atoms with Crippen molar-refractivity contribution in [3.63, 3.8) is 0 Å². The summed E-state index contributed by atoms with van der Waals surface area (Å²) in [6, 6.07) is 4.64. The van der Waals surface area contributed by atoms with Crippen molar-refractivity contribution in [1.29, 1.82) is 0 Å². The smallest absolute Gasteiger partial charge is 0.408 e. The third-order valence-electron chi connectivity index (χ3n) is 6.46. The molecule has 0 saturated heterocycles. The van der Waals surface area contributed by atoms with Gasteiger partial charge in [-0.3, -0.25) is 14.1 Å².